The number of carbonyl (C=O) groups is 1. The van der Waals surface area contributed by atoms with Crippen LogP contribution in [0.15, 0.2) is 18.2 Å². The van der Waals surface area contributed by atoms with Gasteiger partial charge >= 0.3 is 5.97 Å². The molecule has 0 amide bonds. The zero-order chi connectivity index (χ0) is 14.7. The molecule has 0 radical (unpaired) electrons. The van der Waals surface area contributed by atoms with Gasteiger partial charge in [0.1, 0.15) is 5.82 Å². The predicted molar refractivity (Wildman–Crippen MR) is 75.3 cm³/mol. The van der Waals surface area contributed by atoms with Gasteiger partial charge in [-0.3, -0.25) is 4.90 Å². The Balaban J connectivity index is 2.17. The highest BCUT2D eigenvalue weighted by Gasteiger charge is 2.22. The summed E-state index contributed by atoms with van der Waals surface area (Å²) in [7, 11) is 2.09. The molecule has 1 aliphatic rings. The number of halogens is 1. The average Bonchev–Trinajstić information content (AvgIpc) is 2.53. The largest absolute Gasteiger partial charge is 0.478 e. The molecule has 0 bridgehead atoms. The highest BCUT2D eigenvalue weighted by atomic mass is 19.1. The lowest BCUT2D eigenvalue weighted by Gasteiger charge is -2.28. The summed E-state index contributed by atoms with van der Waals surface area (Å²) < 4.78 is 14.2. The lowest BCUT2D eigenvalue weighted by molar-refractivity contribution is 0.0691. The van der Waals surface area contributed by atoms with E-state index in [1.54, 1.807) is 12.1 Å². The Labute approximate surface area is 118 Å². The van der Waals surface area contributed by atoms with E-state index in [4.69, 9.17) is 5.11 Å². The van der Waals surface area contributed by atoms with Gasteiger partial charge in [-0.1, -0.05) is 12.1 Å². The Morgan fingerprint density at radius 3 is 2.90 bits per heavy atom. The summed E-state index contributed by atoms with van der Waals surface area (Å²) in [5.74, 6) is -1.82. The second-order valence-corrected chi connectivity index (χ2v) is 5.52. The molecule has 2 rings (SSSR count). The van der Waals surface area contributed by atoms with Crippen LogP contribution in [0.5, 0.6) is 0 Å². The van der Waals surface area contributed by atoms with Crippen LogP contribution in [0, 0.1) is 5.82 Å². The van der Waals surface area contributed by atoms with Gasteiger partial charge in [0.2, 0.25) is 0 Å². The molecule has 1 fully saturated rings. The monoisotopic (exact) mass is 280 g/mol. The maximum absolute atomic E-state index is 14.2. The van der Waals surface area contributed by atoms with E-state index in [0.717, 1.165) is 26.1 Å². The molecule has 1 aromatic carbocycles. The molecule has 0 aliphatic carbocycles. The fourth-order valence-electron chi connectivity index (χ4n) is 2.74. The molecule has 4 nitrogen and oxygen atoms in total. The van der Waals surface area contributed by atoms with Crippen LogP contribution in [-0.4, -0.2) is 53.6 Å². The van der Waals surface area contributed by atoms with E-state index in [9.17, 15) is 9.18 Å². The van der Waals surface area contributed by atoms with E-state index in [2.05, 4.69) is 23.8 Å². The van der Waals surface area contributed by atoms with Crippen molar-refractivity contribution >= 4 is 5.97 Å². The van der Waals surface area contributed by atoms with Crippen molar-refractivity contribution < 1.29 is 14.3 Å². The molecule has 1 saturated heterocycles. The number of carboxylic acids is 1. The van der Waals surface area contributed by atoms with Gasteiger partial charge in [-0.15, -0.1) is 0 Å². The van der Waals surface area contributed by atoms with Gasteiger partial charge in [-0.25, -0.2) is 9.18 Å². The smallest absolute Gasteiger partial charge is 0.338 e. The van der Waals surface area contributed by atoms with Crippen LogP contribution in [0.25, 0.3) is 0 Å². The molecule has 5 heteroatoms. The first-order valence-electron chi connectivity index (χ1n) is 6.92. The molecule has 0 spiro atoms. The molecule has 0 saturated carbocycles. The first kappa shape index (κ1) is 14.9. The van der Waals surface area contributed by atoms with Gasteiger partial charge < -0.3 is 10.0 Å². The van der Waals surface area contributed by atoms with Gasteiger partial charge in [0.15, 0.2) is 0 Å². The van der Waals surface area contributed by atoms with E-state index < -0.39 is 11.8 Å². The lowest BCUT2D eigenvalue weighted by Crippen LogP contribution is -2.37. The molecule has 20 heavy (non-hydrogen) atoms. The maximum Gasteiger partial charge on any atom is 0.338 e. The second kappa shape index (κ2) is 6.33. The zero-order valence-electron chi connectivity index (χ0n) is 12.0. The number of rotatable bonds is 3. The van der Waals surface area contributed by atoms with E-state index in [0.29, 0.717) is 18.2 Å². The third kappa shape index (κ3) is 3.35. The molecule has 1 unspecified atom stereocenters. The van der Waals surface area contributed by atoms with E-state index in [1.807, 2.05) is 0 Å². The normalized spacial score (nSPS) is 21.6. The van der Waals surface area contributed by atoms with Crippen molar-refractivity contribution in [1.29, 1.82) is 0 Å². The number of carboxylic acid groups (broad SMARTS) is 1. The van der Waals surface area contributed by atoms with Gasteiger partial charge in [-0.2, -0.15) is 0 Å². The predicted octanol–water partition coefficient (Wildman–Crippen LogP) is 2.05. The summed E-state index contributed by atoms with van der Waals surface area (Å²) in [6.07, 6.45) is 1.04. The van der Waals surface area contributed by atoms with Crippen molar-refractivity contribution in [3.63, 3.8) is 0 Å². The van der Waals surface area contributed by atoms with E-state index in [1.165, 1.54) is 6.07 Å². The molecular weight excluding hydrogens is 259 g/mol. The number of nitrogens with zero attached hydrogens (tertiary/aromatic N) is 2. The van der Waals surface area contributed by atoms with Gasteiger partial charge in [-0.05, 0) is 33.0 Å². The van der Waals surface area contributed by atoms with Crippen molar-refractivity contribution in [1.82, 2.24) is 9.80 Å². The second-order valence-electron chi connectivity index (χ2n) is 5.52. The van der Waals surface area contributed by atoms with Crippen molar-refractivity contribution in [2.45, 2.75) is 25.9 Å². The van der Waals surface area contributed by atoms with Crippen LogP contribution in [-0.2, 0) is 6.54 Å². The maximum atomic E-state index is 14.2. The van der Waals surface area contributed by atoms with Crippen LogP contribution in [0.2, 0.25) is 0 Å². The van der Waals surface area contributed by atoms with Gasteiger partial charge in [0, 0.05) is 31.2 Å². The number of benzene rings is 1. The number of aromatic carboxylic acids is 1. The summed E-state index contributed by atoms with van der Waals surface area (Å²) >= 11 is 0. The van der Waals surface area contributed by atoms with Crippen LogP contribution in [0.4, 0.5) is 4.39 Å². The van der Waals surface area contributed by atoms with Crippen molar-refractivity contribution in [2.75, 3.05) is 26.7 Å². The minimum Gasteiger partial charge on any atom is -0.478 e. The SMILES string of the molecule is CC1CN(C)CCCN1Cc1cccc(C(=O)O)c1F. The molecule has 1 atom stereocenters. The van der Waals surface area contributed by atoms with E-state index in [-0.39, 0.29) is 5.56 Å². The number of hydrogen-bond donors (Lipinski definition) is 1. The Morgan fingerprint density at radius 1 is 1.45 bits per heavy atom. The summed E-state index contributed by atoms with van der Waals surface area (Å²) in [5, 5.41) is 8.97. The minimum atomic E-state index is -1.21. The van der Waals surface area contributed by atoms with Crippen molar-refractivity contribution in [3.05, 3.63) is 35.1 Å². The Morgan fingerprint density at radius 2 is 2.20 bits per heavy atom. The third-order valence-electron chi connectivity index (χ3n) is 3.87. The molecule has 1 heterocycles. The molecule has 1 N–H and O–H groups in total. The molecular formula is C15H21FN2O2. The first-order chi connectivity index (χ1) is 9.49. The molecule has 1 aliphatic heterocycles. The van der Waals surface area contributed by atoms with Crippen LogP contribution in [0.3, 0.4) is 0 Å². The summed E-state index contributed by atoms with van der Waals surface area (Å²) in [6.45, 7) is 5.48. The van der Waals surface area contributed by atoms with Gasteiger partial charge in [0.25, 0.3) is 0 Å². The van der Waals surface area contributed by atoms with Crippen LogP contribution in [0.1, 0.15) is 29.3 Å². The van der Waals surface area contributed by atoms with Gasteiger partial charge in [0.05, 0.1) is 5.56 Å². The highest BCUT2D eigenvalue weighted by molar-refractivity contribution is 5.88. The topological polar surface area (TPSA) is 43.8 Å². The lowest BCUT2D eigenvalue weighted by atomic mass is 10.1. The Kier molecular flexibility index (Phi) is 4.73. The fourth-order valence-corrected chi connectivity index (χ4v) is 2.74. The minimum absolute atomic E-state index is 0.248. The fraction of sp³-hybridized carbons (Fsp3) is 0.533. The Hall–Kier alpha value is -1.46. The molecule has 110 valence electrons. The van der Waals surface area contributed by atoms with Crippen LogP contribution >= 0.6 is 0 Å². The summed E-state index contributed by atoms with van der Waals surface area (Å²) in [6, 6.07) is 4.91. The zero-order valence-corrected chi connectivity index (χ0v) is 12.0. The standard InChI is InChI=1S/C15H21FN2O2/c1-11-9-17(2)7-4-8-18(11)10-12-5-3-6-13(14(12)16)15(19)20/h3,5-6,11H,4,7-10H2,1-2H3,(H,19,20). The summed E-state index contributed by atoms with van der Waals surface area (Å²) in [5.41, 5.74) is 0.211. The first-order valence-corrected chi connectivity index (χ1v) is 6.92. The van der Waals surface area contributed by atoms with Crippen LogP contribution < -0.4 is 0 Å². The summed E-state index contributed by atoms with van der Waals surface area (Å²) in [4.78, 5) is 15.5. The molecule has 1 aromatic rings. The Bertz CT molecular complexity index is 493. The number of likely N-dealkylation sites (N-methyl/N-ethyl adjacent to an activating group) is 1. The number of hydrogen-bond acceptors (Lipinski definition) is 3. The van der Waals surface area contributed by atoms with Crippen molar-refractivity contribution in [3.8, 4) is 0 Å². The third-order valence-corrected chi connectivity index (χ3v) is 3.87. The quantitative estimate of drug-likeness (QED) is 0.920. The molecule has 0 aromatic heterocycles. The van der Waals surface area contributed by atoms with E-state index >= 15 is 0 Å². The van der Waals surface area contributed by atoms with Crippen molar-refractivity contribution in [2.24, 2.45) is 0 Å². The highest BCUT2D eigenvalue weighted by Crippen LogP contribution is 2.18. The average molecular weight is 280 g/mol.